The van der Waals surface area contributed by atoms with Crippen molar-refractivity contribution in [3.8, 4) is 0 Å². The van der Waals surface area contributed by atoms with Gasteiger partial charge < -0.3 is 15.5 Å². The molecule has 0 aliphatic carbocycles. The molecule has 22 heavy (non-hydrogen) atoms. The first-order chi connectivity index (χ1) is 10.6. The highest BCUT2D eigenvalue weighted by atomic mass is 35.5. The first-order valence-electron chi connectivity index (χ1n) is 7.81. The molecule has 0 bridgehead atoms. The Kier molecular flexibility index (Phi) is 6.80. The third-order valence-corrected chi connectivity index (χ3v) is 4.68. The Morgan fingerprint density at radius 2 is 2.05 bits per heavy atom. The van der Waals surface area contributed by atoms with E-state index in [9.17, 15) is 4.79 Å². The molecule has 0 aromatic heterocycles. The predicted molar refractivity (Wildman–Crippen MR) is 93.0 cm³/mol. The van der Waals surface area contributed by atoms with Crippen LogP contribution in [-0.2, 0) is 0 Å². The summed E-state index contributed by atoms with van der Waals surface area (Å²) in [6.45, 7) is 5.10. The van der Waals surface area contributed by atoms with Crippen LogP contribution < -0.4 is 10.6 Å². The molecule has 1 aromatic carbocycles. The molecule has 0 saturated carbocycles. The zero-order valence-electron chi connectivity index (χ0n) is 12.9. The van der Waals surface area contributed by atoms with Crippen LogP contribution in [0.3, 0.4) is 0 Å². The Morgan fingerprint density at radius 1 is 1.32 bits per heavy atom. The summed E-state index contributed by atoms with van der Waals surface area (Å²) >= 11 is 12.0. The highest BCUT2D eigenvalue weighted by molar-refractivity contribution is 6.39. The Balaban J connectivity index is 1.70. The highest BCUT2D eigenvalue weighted by Crippen LogP contribution is 2.29. The van der Waals surface area contributed by atoms with Crippen LogP contribution in [0.5, 0.6) is 0 Å². The third-order valence-electron chi connectivity index (χ3n) is 4.05. The number of hydrogen-bond donors (Lipinski definition) is 2. The first-order valence-corrected chi connectivity index (χ1v) is 8.56. The number of nitrogens with zero attached hydrogens (tertiary/aromatic N) is 1. The molecule has 1 heterocycles. The normalized spacial score (nSPS) is 19.0. The number of amides is 2. The van der Waals surface area contributed by atoms with E-state index < -0.39 is 0 Å². The van der Waals surface area contributed by atoms with Gasteiger partial charge >= 0.3 is 6.03 Å². The SMILES string of the molecule is CC1CCCCN1CCCNC(=O)Nc1c(Cl)cccc1Cl. The van der Waals surface area contributed by atoms with Crippen LogP contribution in [0.1, 0.15) is 32.6 Å². The third kappa shape index (κ3) is 5.04. The average Bonchev–Trinajstić information content (AvgIpc) is 2.49. The molecule has 1 aliphatic rings. The van der Waals surface area contributed by atoms with Crippen molar-refractivity contribution in [3.63, 3.8) is 0 Å². The van der Waals surface area contributed by atoms with E-state index in [0.717, 1.165) is 13.0 Å². The predicted octanol–water partition coefficient (Wildman–Crippen LogP) is 4.38. The fraction of sp³-hybridized carbons (Fsp3) is 0.562. The van der Waals surface area contributed by atoms with Gasteiger partial charge in [-0.05, 0) is 44.9 Å². The molecule has 1 aromatic rings. The fourth-order valence-corrected chi connectivity index (χ4v) is 3.24. The summed E-state index contributed by atoms with van der Waals surface area (Å²) in [4.78, 5) is 14.4. The lowest BCUT2D eigenvalue weighted by Crippen LogP contribution is -2.39. The highest BCUT2D eigenvalue weighted by Gasteiger charge is 2.17. The van der Waals surface area contributed by atoms with Crippen LogP contribution in [-0.4, -0.2) is 36.6 Å². The number of benzene rings is 1. The molecule has 1 saturated heterocycles. The van der Waals surface area contributed by atoms with Crippen molar-refractivity contribution in [2.24, 2.45) is 0 Å². The van der Waals surface area contributed by atoms with Gasteiger partial charge in [0.1, 0.15) is 0 Å². The van der Waals surface area contributed by atoms with Crippen LogP contribution >= 0.6 is 23.2 Å². The smallest absolute Gasteiger partial charge is 0.319 e. The molecule has 1 aliphatic heterocycles. The fourth-order valence-electron chi connectivity index (χ4n) is 2.75. The second kappa shape index (κ2) is 8.61. The Hall–Kier alpha value is -0.970. The number of likely N-dealkylation sites (tertiary alicyclic amines) is 1. The van der Waals surface area contributed by atoms with Gasteiger partial charge in [-0.1, -0.05) is 35.7 Å². The zero-order valence-corrected chi connectivity index (χ0v) is 14.4. The van der Waals surface area contributed by atoms with Crippen molar-refractivity contribution < 1.29 is 4.79 Å². The van der Waals surface area contributed by atoms with Gasteiger partial charge in [-0.3, -0.25) is 0 Å². The Bertz CT molecular complexity index is 490. The molecule has 1 atom stereocenters. The van der Waals surface area contributed by atoms with E-state index in [4.69, 9.17) is 23.2 Å². The minimum atomic E-state index is -0.276. The molecule has 0 radical (unpaired) electrons. The van der Waals surface area contributed by atoms with Gasteiger partial charge in [0.15, 0.2) is 0 Å². The van der Waals surface area contributed by atoms with E-state index in [-0.39, 0.29) is 6.03 Å². The number of carbonyl (C=O) groups is 1. The van der Waals surface area contributed by atoms with Gasteiger partial charge in [-0.25, -0.2) is 4.79 Å². The van der Waals surface area contributed by atoms with Gasteiger partial charge in [-0.15, -0.1) is 0 Å². The molecule has 2 N–H and O–H groups in total. The maximum absolute atomic E-state index is 11.9. The van der Waals surface area contributed by atoms with Crippen LogP contribution in [0, 0.1) is 0 Å². The average molecular weight is 344 g/mol. The van der Waals surface area contributed by atoms with Crippen LogP contribution in [0.25, 0.3) is 0 Å². The molecule has 6 heteroatoms. The van der Waals surface area contributed by atoms with Crippen LogP contribution in [0.4, 0.5) is 10.5 Å². The minimum Gasteiger partial charge on any atom is -0.338 e. The molecule has 4 nitrogen and oxygen atoms in total. The molecule has 122 valence electrons. The number of carbonyl (C=O) groups excluding carboxylic acids is 1. The van der Waals surface area contributed by atoms with E-state index in [0.29, 0.717) is 28.3 Å². The second-order valence-corrected chi connectivity index (χ2v) is 6.53. The van der Waals surface area contributed by atoms with Crippen molar-refractivity contribution in [2.45, 2.75) is 38.6 Å². The summed E-state index contributed by atoms with van der Waals surface area (Å²) < 4.78 is 0. The number of urea groups is 1. The van der Waals surface area contributed by atoms with Gasteiger partial charge in [-0.2, -0.15) is 0 Å². The topological polar surface area (TPSA) is 44.4 Å². The summed E-state index contributed by atoms with van der Waals surface area (Å²) in [5.41, 5.74) is 0.452. The second-order valence-electron chi connectivity index (χ2n) is 5.71. The van der Waals surface area contributed by atoms with Crippen LogP contribution in [0.15, 0.2) is 18.2 Å². The van der Waals surface area contributed by atoms with E-state index >= 15 is 0 Å². The number of anilines is 1. The summed E-state index contributed by atoms with van der Waals surface area (Å²) in [5.74, 6) is 0. The maximum atomic E-state index is 11.9. The van der Waals surface area contributed by atoms with Gasteiger partial charge in [0.05, 0.1) is 15.7 Å². The molecular formula is C16H23Cl2N3O. The van der Waals surface area contributed by atoms with E-state index in [1.165, 1.54) is 25.8 Å². The quantitative estimate of drug-likeness (QED) is 0.779. The molecule has 0 spiro atoms. The number of rotatable bonds is 5. The summed E-state index contributed by atoms with van der Waals surface area (Å²) in [6, 6.07) is 5.51. The standard InChI is InChI=1S/C16H23Cl2N3O/c1-12-6-2-3-10-21(12)11-5-9-19-16(22)20-15-13(17)7-4-8-14(15)18/h4,7-8,12H,2-3,5-6,9-11H2,1H3,(H2,19,20,22). The maximum Gasteiger partial charge on any atom is 0.319 e. The van der Waals surface area contributed by atoms with Crippen LogP contribution in [0.2, 0.25) is 10.0 Å². The number of para-hydroxylation sites is 1. The summed E-state index contributed by atoms with van der Waals surface area (Å²) in [7, 11) is 0. The van der Waals surface area contributed by atoms with Crippen molar-refractivity contribution in [3.05, 3.63) is 28.2 Å². The molecule has 2 rings (SSSR count). The van der Waals surface area contributed by atoms with E-state index in [1.807, 2.05) is 0 Å². The summed E-state index contributed by atoms with van der Waals surface area (Å²) in [6.07, 6.45) is 4.83. The lowest BCUT2D eigenvalue weighted by atomic mass is 10.0. The molecular weight excluding hydrogens is 321 g/mol. The lowest BCUT2D eigenvalue weighted by molar-refractivity contribution is 0.159. The van der Waals surface area contributed by atoms with E-state index in [1.54, 1.807) is 18.2 Å². The first kappa shape index (κ1) is 17.4. The number of nitrogens with one attached hydrogen (secondary N) is 2. The van der Waals surface area contributed by atoms with Crippen molar-refractivity contribution in [2.75, 3.05) is 25.0 Å². The number of hydrogen-bond acceptors (Lipinski definition) is 2. The summed E-state index contributed by atoms with van der Waals surface area (Å²) in [5, 5.41) is 6.41. The molecule has 1 fully saturated rings. The zero-order chi connectivity index (χ0) is 15.9. The number of piperidine rings is 1. The van der Waals surface area contributed by atoms with E-state index in [2.05, 4.69) is 22.5 Å². The van der Waals surface area contributed by atoms with Crippen molar-refractivity contribution >= 4 is 34.9 Å². The van der Waals surface area contributed by atoms with Crippen molar-refractivity contribution in [1.82, 2.24) is 10.2 Å². The Labute approximate surface area is 142 Å². The largest absolute Gasteiger partial charge is 0.338 e. The van der Waals surface area contributed by atoms with Gasteiger partial charge in [0, 0.05) is 19.1 Å². The van der Waals surface area contributed by atoms with Gasteiger partial charge in [0.25, 0.3) is 0 Å². The van der Waals surface area contributed by atoms with Gasteiger partial charge in [0.2, 0.25) is 0 Å². The minimum absolute atomic E-state index is 0.276. The molecule has 1 unspecified atom stereocenters. The monoisotopic (exact) mass is 343 g/mol. The lowest BCUT2D eigenvalue weighted by Gasteiger charge is -2.33. The number of halogens is 2. The Morgan fingerprint density at radius 3 is 2.73 bits per heavy atom. The molecule has 2 amide bonds. The van der Waals surface area contributed by atoms with Crippen molar-refractivity contribution in [1.29, 1.82) is 0 Å².